The first-order valence-corrected chi connectivity index (χ1v) is 10.1. The Kier molecular flexibility index (Phi) is 6.26. The molecule has 7 nitrogen and oxygen atoms in total. The number of anilines is 1. The van der Waals surface area contributed by atoms with Crippen molar-refractivity contribution >= 4 is 16.7 Å². The number of benzene rings is 3. The van der Waals surface area contributed by atoms with Crippen LogP contribution in [-0.4, -0.2) is 38.4 Å². The Morgan fingerprint density at radius 1 is 0.750 bits per heavy atom. The van der Waals surface area contributed by atoms with Gasteiger partial charge in [-0.05, 0) is 42.0 Å². The van der Waals surface area contributed by atoms with E-state index >= 15 is 0 Å². The van der Waals surface area contributed by atoms with Crippen LogP contribution in [-0.2, 0) is 6.54 Å². The lowest BCUT2D eigenvalue weighted by molar-refractivity contribution is 0.324. The lowest BCUT2D eigenvalue weighted by atomic mass is 10.1. The maximum absolute atomic E-state index is 5.50. The highest BCUT2D eigenvalue weighted by Gasteiger charge is 2.17. The Morgan fingerprint density at radius 2 is 1.44 bits per heavy atom. The number of ether oxygens (including phenoxy) is 4. The maximum atomic E-state index is 5.50. The number of para-hydroxylation sites is 1. The molecule has 32 heavy (non-hydrogen) atoms. The van der Waals surface area contributed by atoms with Gasteiger partial charge in [0.15, 0.2) is 17.3 Å². The number of rotatable bonds is 8. The fourth-order valence-corrected chi connectivity index (χ4v) is 3.48. The molecular formula is C25H25N3O4. The van der Waals surface area contributed by atoms with Crippen LogP contribution in [0.3, 0.4) is 0 Å². The van der Waals surface area contributed by atoms with Crippen molar-refractivity contribution < 1.29 is 18.9 Å². The van der Waals surface area contributed by atoms with Crippen molar-refractivity contribution in [2.24, 2.45) is 0 Å². The summed E-state index contributed by atoms with van der Waals surface area (Å²) in [4.78, 5) is 9.60. The summed E-state index contributed by atoms with van der Waals surface area (Å²) in [5, 5.41) is 4.39. The number of nitrogens with zero attached hydrogens (tertiary/aromatic N) is 2. The summed E-state index contributed by atoms with van der Waals surface area (Å²) in [6, 6.07) is 19.5. The van der Waals surface area contributed by atoms with Crippen molar-refractivity contribution in [2.75, 3.05) is 33.8 Å². The molecule has 0 fully saturated rings. The van der Waals surface area contributed by atoms with Crippen LogP contribution in [0.5, 0.6) is 23.0 Å². The molecule has 0 unspecified atom stereocenters. The summed E-state index contributed by atoms with van der Waals surface area (Å²) in [5.74, 6) is 3.75. The lowest BCUT2D eigenvalue weighted by Gasteiger charge is -2.15. The molecule has 0 aliphatic carbocycles. The highest BCUT2D eigenvalue weighted by Crippen LogP contribution is 2.41. The Morgan fingerprint density at radius 3 is 2.06 bits per heavy atom. The average molecular weight is 431 g/mol. The van der Waals surface area contributed by atoms with Gasteiger partial charge in [-0.2, -0.15) is 0 Å². The van der Waals surface area contributed by atoms with Gasteiger partial charge in [-0.1, -0.05) is 24.3 Å². The molecule has 0 amide bonds. The molecule has 0 radical (unpaired) electrons. The van der Waals surface area contributed by atoms with E-state index in [1.165, 1.54) is 0 Å². The van der Waals surface area contributed by atoms with E-state index in [9.17, 15) is 0 Å². The SMILES string of the molecule is COc1ccc(CNc2nc(-c3cc(OC)c(OC)c(OC)c3)nc3ccccc23)cc1. The molecule has 0 aliphatic rings. The molecule has 0 saturated heterocycles. The molecule has 7 heteroatoms. The van der Waals surface area contributed by atoms with Gasteiger partial charge in [-0.25, -0.2) is 9.97 Å². The van der Waals surface area contributed by atoms with Crippen LogP contribution >= 0.6 is 0 Å². The lowest BCUT2D eigenvalue weighted by Crippen LogP contribution is -2.04. The van der Waals surface area contributed by atoms with Crippen LogP contribution < -0.4 is 24.3 Å². The van der Waals surface area contributed by atoms with E-state index in [0.29, 0.717) is 29.6 Å². The van der Waals surface area contributed by atoms with E-state index in [1.807, 2.05) is 60.7 Å². The van der Waals surface area contributed by atoms with Crippen molar-refractivity contribution in [1.29, 1.82) is 0 Å². The normalized spacial score (nSPS) is 10.6. The van der Waals surface area contributed by atoms with E-state index in [4.69, 9.17) is 28.9 Å². The Bertz CT molecular complexity index is 1200. The average Bonchev–Trinajstić information content (AvgIpc) is 2.86. The third-order valence-corrected chi connectivity index (χ3v) is 5.15. The molecule has 3 aromatic carbocycles. The molecule has 0 bridgehead atoms. The van der Waals surface area contributed by atoms with Gasteiger partial charge in [0.2, 0.25) is 5.75 Å². The predicted molar refractivity (Wildman–Crippen MR) is 125 cm³/mol. The van der Waals surface area contributed by atoms with Crippen LogP contribution in [0, 0.1) is 0 Å². The van der Waals surface area contributed by atoms with Gasteiger partial charge in [0.1, 0.15) is 11.6 Å². The van der Waals surface area contributed by atoms with Gasteiger partial charge >= 0.3 is 0 Å². The van der Waals surface area contributed by atoms with Crippen LogP contribution in [0.15, 0.2) is 60.7 Å². The summed E-state index contributed by atoms with van der Waals surface area (Å²) in [6.07, 6.45) is 0. The van der Waals surface area contributed by atoms with Crippen molar-refractivity contribution in [1.82, 2.24) is 9.97 Å². The zero-order valence-electron chi connectivity index (χ0n) is 18.5. The first kappa shape index (κ1) is 21.2. The molecular weight excluding hydrogens is 406 g/mol. The minimum absolute atomic E-state index is 0.525. The van der Waals surface area contributed by atoms with Crippen LogP contribution in [0.25, 0.3) is 22.3 Å². The van der Waals surface area contributed by atoms with Crippen molar-refractivity contribution in [2.45, 2.75) is 6.54 Å². The highest BCUT2D eigenvalue weighted by atomic mass is 16.5. The summed E-state index contributed by atoms with van der Waals surface area (Å²) in [5.41, 5.74) is 2.71. The molecule has 0 aliphatic heterocycles. The molecule has 0 saturated carbocycles. The van der Waals surface area contributed by atoms with Gasteiger partial charge in [0.05, 0.1) is 34.0 Å². The molecule has 0 atom stereocenters. The summed E-state index contributed by atoms with van der Waals surface area (Å²) in [7, 11) is 6.41. The minimum Gasteiger partial charge on any atom is -0.497 e. The largest absolute Gasteiger partial charge is 0.497 e. The number of hydrogen-bond donors (Lipinski definition) is 1. The van der Waals surface area contributed by atoms with Gasteiger partial charge < -0.3 is 24.3 Å². The van der Waals surface area contributed by atoms with E-state index in [2.05, 4.69) is 5.32 Å². The second kappa shape index (κ2) is 9.43. The van der Waals surface area contributed by atoms with Gasteiger partial charge in [0, 0.05) is 17.5 Å². The number of nitrogens with one attached hydrogen (secondary N) is 1. The molecule has 4 aromatic rings. The third kappa shape index (κ3) is 4.23. The first-order chi connectivity index (χ1) is 15.7. The van der Waals surface area contributed by atoms with Crippen LogP contribution in [0.4, 0.5) is 5.82 Å². The van der Waals surface area contributed by atoms with Gasteiger partial charge in [-0.15, -0.1) is 0 Å². The Labute approximate surface area is 186 Å². The monoisotopic (exact) mass is 431 g/mol. The number of hydrogen-bond acceptors (Lipinski definition) is 7. The van der Waals surface area contributed by atoms with Crippen molar-refractivity contribution in [3.05, 3.63) is 66.2 Å². The quantitative estimate of drug-likeness (QED) is 0.423. The first-order valence-electron chi connectivity index (χ1n) is 10.1. The van der Waals surface area contributed by atoms with E-state index in [1.54, 1.807) is 28.4 Å². The zero-order chi connectivity index (χ0) is 22.5. The minimum atomic E-state index is 0.525. The van der Waals surface area contributed by atoms with Gasteiger partial charge in [0.25, 0.3) is 0 Å². The molecule has 1 aromatic heterocycles. The number of fused-ring (bicyclic) bond motifs is 1. The number of methoxy groups -OCH3 is 4. The molecule has 164 valence electrons. The molecule has 4 rings (SSSR count). The fourth-order valence-electron chi connectivity index (χ4n) is 3.48. The molecule has 0 spiro atoms. The van der Waals surface area contributed by atoms with Crippen LogP contribution in [0.1, 0.15) is 5.56 Å². The Balaban J connectivity index is 1.75. The van der Waals surface area contributed by atoms with Crippen molar-refractivity contribution in [3.63, 3.8) is 0 Å². The number of aromatic nitrogens is 2. The van der Waals surface area contributed by atoms with Gasteiger partial charge in [-0.3, -0.25) is 0 Å². The molecule has 1 heterocycles. The summed E-state index contributed by atoms with van der Waals surface area (Å²) < 4.78 is 21.7. The topological polar surface area (TPSA) is 74.7 Å². The third-order valence-electron chi connectivity index (χ3n) is 5.15. The smallest absolute Gasteiger partial charge is 0.203 e. The van der Waals surface area contributed by atoms with Crippen molar-refractivity contribution in [3.8, 4) is 34.4 Å². The summed E-state index contributed by atoms with van der Waals surface area (Å²) >= 11 is 0. The Hall–Kier alpha value is -4.00. The van der Waals surface area contributed by atoms with Crippen LogP contribution in [0.2, 0.25) is 0 Å². The molecule has 1 N–H and O–H groups in total. The summed E-state index contributed by atoms with van der Waals surface area (Å²) in [6.45, 7) is 0.611. The van der Waals surface area contributed by atoms with E-state index in [-0.39, 0.29) is 0 Å². The highest BCUT2D eigenvalue weighted by molar-refractivity contribution is 5.90. The second-order valence-electron chi connectivity index (χ2n) is 7.03. The van der Waals surface area contributed by atoms with E-state index in [0.717, 1.165) is 33.6 Å². The fraction of sp³-hybridized carbons (Fsp3) is 0.200. The standard InChI is InChI=1S/C25H25N3O4/c1-29-18-11-9-16(10-12-18)15-26-25-19-7-5-6-8-20(19)27-24(28-25)17-13-21(30-2)23(32-4)22(14-17)31-3/h5-14H,15H2,1-4H3,(H,26,27,28). The zero-order valence-corrected chi connectivity index (χ0v) is 18.5. The van der Waals surface area contributed by atoms with E-state index < -0.39 is 0 Å². The predicted octanol–water partition coefficient (Wildman–Crippen LogP) is 4.94. The maximum Gasteiger partial charge on any atom is 0.203 e. The second-order valence-corrected chi connectivity index (χ2v) is 7.03.